The molecule has 2 aromatic carbocycles. The van der Waals surface area contributed by atoms with Crippen LogP contribution in [0.25, 0.3) is 16.2 Å². The number of thiophene rings is 1. The van der Waals surface area contributed by atoms with Gasteiger partial charge in [-0.3, -0.25) is 9.59 Å². The molecule has 28 heavy (non-hydrogen) atoms. The number of fused-ring (bicyclic) bond motifs is 1. The molecule has 1 aromatic heterocycles. The smallest absolute Gasteiger partial charge is 0.231 e. The minimum atomic E-state index is -1.12. The molecule has 0 aliphatic carbocycles. The molecule has 1 amide bonds. The van der Waals surface area contributed by atoms with E-state index in [1.54, 1.807) is 24.4 Å². The highest BCUT2D eigenvalue weighted by molar-refractivity contribution is 7.17. The van der Waals surface area contributed by atoms with Gasteiger partial charge in [-0.05, 0) is 53.1 Å². The number of rotatable bonds is 7. The lowest BCUT2D eigenvalue weighted by Gasteiger charge is -2.16. The van der Waals surface area contributed by atoms with Crippen LogP contribution in [0.2, 0.25) is 5.02 Å². The number of halogens is 1. The van der Waals surface area contributed by atoms with E-state index in [0.717, 1.165) is 21.2 Å². The number of carbonyl (C=O) groups excluding carboxylic acids is 2. The third-order valence-corrected chi connectivity index (χ3v) is 5.65. The van der Waals surface area contributed by atoms with Crippen LogP contribution < -0.4 is 5.32 Å². The Morgan fingerprint density at radius 3 is 2.68 bits per heavy atom. The number of aliphatic hydroxyl groups excluding tert-OH is 1. The standard InChI is InChI=1S/C22H20ClNO3S/c1-14(25)20(26)12-18(19-13-28-21-8-7-16(23)11-17(19)21)22(27)24-10-9-15-5-3-2-4-6-15/h2-11,13-14,18,25H,12H2,1H3,(H,24,27)/b10-9+. The molecule has 0 fully saturated rings. The molecule has 0 saturated carbocycles. The number of carbonyl (C=O) groups is 2. The zero-order chi connectivity index (χ0) is 20.1. The van der Waals surface area contributed by atoms with Crippen molar-refractivity contribution in [2.75, 3.05) is 0 Å². The van der Waals surface area contributed by atoms with Gasteiger partial charge in [-0.2, -0.15) is 0 Å². The molecule has 144 valence electrons. The van der Waals surface area contributed by atoms with E-state index in [1.807, 2.05) is 41.8 Å². The number of amides is 1. The first-order chi connectivity index (χ1) is 13.5. The monoisotopic (exact) mass is 413 g/mol. The zero-order valence-electron chi connectivity index (χ0n) is 15.3. The van der Waals surface area contributed by atoms with Crippen molar-refractivity contribution in [3.05, 3.63) is 76.3 Å². The van der Waals surface area contributed by atoms with Crippen LogP contribution in [-0.4, -0.2) is 22.9 Å². The first-order valence-electron chi connectivity index (χ1n) is 8.85. The fraction of sp³-hybridized carbons (Fsp3) is 0.182. The van der Waals surface area contributed by atoms with Gasteiger partial charge in [0.2, 0.25) is 5.91 Å². The number of hydrogen-bond donors (Lipinski definition) is 2. The second kappa shape index (κ2) is 9.15. The van der Waals surface area contributed by atoms with Crippen LogP contribution in [0.3, 0.4) is 0 Å². The molecule has 2 atom stereocenters. The molecule has 6 heteroatoms. The second-order valence-electron chi connectivity index (χ2n) is 6.48. The molecule has 3 aromatic rings. The predicted molar refractivity (Wildman–Crippen MR) is 114 cm³/mol. The highest BCUT2D eigenvalue weighted by atomic mass is 35.5. The summed E-state index contributed by atoms with van der Waals surface area (Å²) in [7, 11) is 0. The fourth-order valence-corrected chi connectivity index (χ4v) is 4.06. The quantitative estimate of drug-likeness (QED) is 0.586. The minimum absolute atomic E-state index is 0.0823. The van der Waals surface area contributed by atoms with Gasteiger partial charge in [0.05, 0.1) is 5.92 Å². The average molecular weight is 414 g/mol. The van der Waals surface area contributed by atoms with Gasteiger partial charge in [-0.15, -0.1) is 11.3 Å². The van der Waals surface area contributed by atoms with Gasteiger partial charge in [0.15, 0.2) is 5.78 Å². The summed E-state index contributed by atoms with van der Waals surface area (Å²) >= 11 is 7.62. The van der Waals surface area contributed by atoms with Gasteiger partial charge in [0, 0.05) is 22.3 Å². The molecule has 0 aliphatic heterocycles. The molecule has 0 spiro atoms. The van der Waals surface area contributed by atoms with E-state index in [-0.39, 0.29) is 18.1 Å². The van der Waals surface area contributed by atoms with E-state index in [4.69, 9.17) is 11.6 Å². The van der Waals surface area contributed by atoms with Crippen molar-refractivity contribution in [2.45, 2.75) is 25.4 Å². The molecule has 0 aliphatic rings. The molecule has 4 nitrogen and oxygen atoms in total. The Balaban J connectivity index is 1.87. The lowest BCUT2D eigenvalue weighted by atomic mass is 9.91. The number of nitrogens with one attached hydrogen (secondary N) is 1. The molecular weight excluding hydrogens is 394 g/mol. The van der Waals surface area contributed by atoms with Crippen molar-refractivity contribution in [2.24, 2.45) is 0 Å². The topological polar surface area (TPSA) is 66.4 Å². The third-order valence-electron chi connectivity index (χ3n) is 4.43. The first kappa shape index (κ1) is 20.3. The van der Waals surface area contributed by atoms with Crippen LogP contribution in [0.1, 0.15) is 30.4 Å². The summed E-state index contributed by atoms with van der Waals surface area (Å²) in [5, 5.41) is 15.7. The van der Waals surface area contributed by atoms with Crippen LogP contribution in [0.4, 0.5) is 0 Å². The Morgan fingerprint density at radius 1 is 1.21 bits per heavy atom. The number of benzene rings is 2. The summed E-state index contributed by atoms with van der Waals surface area (Å²) in [6.45, 7) is 1.41. The molecule has 1 heterocycles. The van der Waals surface area contributed by atoms with Crippen LogP contribution in [0.5, 0.6) is 0 Å². The molecular formula is C22H20ClNO3S. The molecule has 0 radical (unpaired) electrons. The van der Waals surface area contributed by atoms with E-state index in [2.05, 4.69) is 5.32 Å². The van der Waals surface area contributed by atoms with E-state index in [9.17, 15) is 14.7 Å². The third kappa shape index (κ3) is 4.87. The number of ketones is 1. The summed E-state index contributed by atoms with van der Waals surface area (Å²) in [5.74, 6) is -1.40. The van der Waals surface area contributed by atoms with Gasteiger partial charge in [-0.1, -0.05) is 41.9 Å². The van der Waals surface area contributed by atoms with Crippen LogP contribution in [-0.2, 0) is 9.59 Å². The summed E-state index contributed by atoms with van der Waals surface area (Å²) in [6, 6.07) is 15.1. The van der Waals surface area contributed by atoms with E-state index in [0.29, 0.717) is 5.02 Å². The molecule has 2 N–H and O–H groups in total. The summed E-state index contributed by atoms with van der Waals surface area (Å²) in [4.78, 5) is 25.1. The van der Waals surface area contributed by atoms with Crippen LogP contribution >= 0.6 is 22.9 Å². The Bertz CT molecular complexity index is 1010. The van der Waals surface area contributed by atoms with Gasteiger partial charge in [0.1, 0.15) is 6.10 Å². The maximum absolute atomic E-state index is 12.9. The van der Waals surface area contributed by atoms with Crippen molar-refractivity contribution in [1.82, 2.24) is 5.32 Å². The Kier molecular flexibility index (Phi) is 6.62. The zero-order valence-corrected chi connectivity index (χ0v) is 16.8. The Labute approximate surface area is 172 Å². The maximum Gasteiger partial charge on any atom is 0.231 e. The van der Waals surface area contributed by atoms with Crippen molar-refractivity contribution >= 4 is 50.8 Å². The number of Topliss-reactive ketones (excluding diaryl/α,β-unsaturated/α-hetero) is 1. The lowest BCUT2D eigenvalue weighted by molar-refractivity contribution is -0.130. The summed E-state index contributed by atoms with van der Waals surface area (Å²) in [6.07, 6.45) is 2.15. The summed E-state index contributed by atoms with van der Waals surface area (Å²) in [5.41, 5.74) is 1.69. The number of hydrogen-bond acceptors (Lipinski definition) is 4. The van der Waals surface area contributed by atoms with E-state index >= 15 is 0 Å². The Hall–Kier alpha value is -2.47. The molecule has 3 rings (SSSR count). The largest absolute Gasteiger partial charge is 0.386 e. The first-order valence-corrected chi connectivity index (χ1v) is 10.1. The van der Waals surface area contributed by atoms with Gasteiger partial charge in [-0.25, -0.2) is 0 Å². The average Bonchev–Trinajstić information content (AvgIpc) is 3.09. The highest BCUT2D eigenvalue weighted by Gasteiger charge is 2.27. The lowest BCUT2D eigenvalue weighted by Crippen LogP contribution is -2.29. The predicted octanol–water partition coefficient (Wildman–Crippen LogP) is 4.77. The van der Waals surface area contributed by atoms with Crippen molar-refractivity contribution in [3.63, 3.8) is 0 Å². The highest BCUT2D eigenvalue weighted by Crippen LogP contribution is 2.35. The van der Waals surface area contributed by atoms with Gasteiger partial charge >= 0.3 is 0 Å². The van der Waals surface area contributed by atoms with Crippen molar-refractivity contribution in [1.29, 1.82) is 0 Å². The van der Waals surface area contributed by atoms with Gasteiger partial charge in [0.25, 0.3) is 0 Å². The van der Waals surface area contributed by atoms with Crippen LogP contribution in [0.15, 0.2) is 60.1 Å². The normalized spacial score (nSPS) is 13.5. The Morgan fingerprint density at radius 2 is 1.96 bits per heavy atom. The van der Waals surface area contributed by atoms with Crippen molar-refractivity contribution in [3.8, 4) is 0 Å². The number of aliphatic hydroxyl groups is 1. The van der Waals surface area contributed by atoms with E-state index < -0.39 is 12.0 Å². The van der Waals surface area contributed by atoms with Gasteiger partial charge < -0.3 is 10.4 Å². The van der Waals surface area contributed by atoms with E-state index in [1.165, 1.54) is 18.3 Å². The molecule has 0 bridgehead atoms. The van der Waals surface area contributed by atoms with Crippen LogP contribution in [0, 0.1) is 0 Å². The molecule has 0 saturated heterocycles. The van der Waals surface area contributed by atoms with Crippen molar-refractivity contribution < 1.29 is 14.7 Å². The minimum Gasteiger partial charge on any atom is -0.386 e. The maximum atomic E-state index is 12.9. The second-order valence-corrected chi connectivity index (χ2v) is 7.83. The SMILES string of the molecule is CC(O)C(=O)CC(C(=O)N/C=C/c1ccccc1)c1csc2ccc(Cl)cc12. The fourth-order valence-electron chi connectivity index (χ4n) is 2.89. The molecule has 2 unspecified atom stereocenters. The summed E-state index contributed by atoms with van der Waals surface area (Å²) < 4.78 is 0.988.